The van der Waals surface area contributed by atoms with Crippen molar-refractivity contribution < 1.29 is 9.53 Å². The standard InChI is InChI=1S/C18H34N2O2/c1-13-6-8-15(9-7-13)19-16-10-11-20(14(2)12-16)17(21)22-18(3,4)5/h13-16,19H,6-12H2,1-5H3. The molecule has 0 aromatic heterocycles. The summed E-state index contributed by atoms with van der Waals surface area (Å²) in [5, 5.41) is 3.84. The van der Waals surface area contributed by atoms with Crippen LogP contribution in [0.1, 0.15) is 73.1 Å². The van der Waals surface area contributed by atoms with Gasteiger partial charge in [0.25, 0.3) is 0 Å². The smallest absolute Gasteiger partial charge is 0.410 e. The molecule has 1 amide bonds. The Morgan fingerprint density at radius 2 is 1.68 bits per heavy atom. The van der Waals surface area contributed by atoms with E-state index in [0.29, 0.717) is 12.1 Å². The number of likely N-dealkylation sites (tertiary alicyclic amines) is 1. The lowest BCUT2D eigenvalue weighted by Crippen LogP contribution is -2.53. The molecule has 2 atom stereocenters. The molecule has 1 aliphatic carbocycles. The molecule has 2 fully saturated rings. The zero-order valence-corrected chi connectivity index (χ0v) is 15.0. The van der Waals surface area contributed by atoms with Gasteiger partial charge in [-0.2, -0.15) is 0 Å². The number of carbonyl (C=O) groups excluding carboxylic acids is 1. The van der Waals surface area contributed by atoms with Crippen LogP contribution in [0, 0.1) is 5.92 Å². The van der Waals surface area contributed by atoms with Crippen LogP contribution in [-0.2, 0) is 4.74 Å². The minimum Gasteiger partial charge on any atom is -0.444 e. The van der Waals surface area contributed by atoms with E-state index >= 15 is 0 Å². The van der Waals surface area contributed by atoms with Crippen molar-refractivity contribution in [3.63, 3.8) is 0 Å². The maximum atomic E-state index is 12.2. The van der Waals surface area contributed by atoms with Crippen LogP contribution in [0.15, 0.2) is 0 Å². The van der Waals surface area contributed by atoms with E-state index < -0.39 is 5.60 Å². The average Bonchev–Trinajstić information content (AvgIpc) is 2.39. The van der Waals surface area contributed by atoms with E-state index in [1.165, 1.54) is 25.7 Å². The van der Waals surface area contributed by atoms with Crippen LogP contribution in [0.25, 0.3) is 0 Å². The van der Waals surface area contributed by atoms with Crippen molar-refractivity contribution in [3.8, 4) is 0 Å². The molecule has 0 aromatic carbocycles. The summed E-state index contributed by atoms with van der Waals surface area (Å²) in [6.45, 7) is 11.1. The molecule has 128 valence electrons. The van der Waals surface area contributed by atoms with Crippen LogP contribution >= 0.6 is 0 Å². The largest absolute Gasteiger partial charge is 0.444 e. The van der Waals surface area contributed by atoms with Crippen LogP contribution in [0.4, 0.5) is 4.79 Å². The van der Waals surface area contributed by atoms with Crippen LogP contribution in [0.5, 0.6) is 0 Å². The van der Waals surface area contributed by atoms with Crippen molar-refractivity contribution in [2.24, 2.45) is 5.92 Å². The predicted octanol–water partition coefficient (Wildman–Crippen LogP) is 3.94. The molecule has 1 saturated heterocycles. The fraction of sp³-hybridized carbons (Fsp3) is 0.944. The number of ether oxygens (including phenoxy) is 1. The maximum absolute atomic E-state index is 12.2. The number of carbonyl (C=O) groups is 1. The van der Waals surface area contributed by atoms with Gasteiger partial charge in [-0.15, -0.1) is 0 Å². The first-order valence-corrected chi connectivity index (χ1v) is 9.00. The average molecular weight is 310 g/mol. The van der Waals surface area contributed by atoms with Crippen molar-refractivity contribution in [2.75, 3.05) is 6.54 Å². The number of hydrogen-bond acceptors (Lipinski definition) is 3. The number of hydrogen-bond donors (Lipinski definition) is 1. The number of nitrogens with zero attached hydrogens (tertiary/aromatic N) is 1. The van der Waals surface area contributed by atoms with Crippen molar-refractivity contribution in [1.82, 2.24) is 10.2 Å². The summed E-state index contributed by atoms with van der Waals surface area (Å²) in [7, 11) is 0. The molecule has 2 rings (SSSR count). The van der Waals surface area contributed by atoms with Crippen LogP contribution < -0.4 is 5.32 Å². The second-order valence-corrected chi connectivity index (χ2v) is 8.37. The van der Waals surface area contributed by atoms with Gasteiger partial charge in [-0.05, 0) is 72.1 Å². The first-order valence-electron chi connectivity index (χ1n) is 9.00. The summed E-state index contributed by atoms with van der Waals surface area (Å²) < 4.78 is 5.51. The lowest BCUT2D eigenvalue weighted by molar-refractivity contribution is 0.00874. The van der Waals surface area contributed by atoms with E-state index in [-0.39, 0.29) is 12.1 Å². The van der Waals surface area contributed by atoms with Gasteiger partial charge in [0.2, 0.25) is 0 Å². The minimum atomic E-state index is -0.412. The SMILES string of the molecule is CC1CCC(NC2CCN(C(=O)OC(C)(C)C)C(C)C2)CC1. The number of nitrogens with one attached hydrogen (secondary N) is 1. The molecule has 1 saturated carbocycles. The van der Waals surface area contributed by atoms with Gasteiger partial charge in [-0.3, -0.25) is 0 Å². The first-order chi connectivity index (χ1) is 10.2. The third-order valence-electron chi connectivity index (χ3n) is 4.99. The van der Waals surface area contributed by atoms with Gasteiger partial charge in [0.1, 0.15) is 5.60 Å². The van der Waals surface area contributed by atoms with Gasteiger partial charge in [-0.1, -0.05) is 6.92 Å². The Kier molecular flexibility index (Phi) is 5.76. The van der Waals surface area contributed by atoms with Gasteiger partial charge < -0.3 is 15.0 Å². The summed E-state index contributed by atoms with van der Waals surface area (Å²) in [6, 6.07) is 1.48. The Bertz CT molecular complexity index is 370. The Morgan fingerprint density at radius 3 is 2.23 bits per heavy atom. The summed E-state index contributed by atoms with van der Waals surface area (Å²) >= 11 is 0. The van der Waals surface area contributed by atoms with Crippen LogP contribution in [-0.4, -0.2) is 41.3 Å². The molecule has 0 aromatic rings. The highest BCUT2D eigenvalue weighted by molar-refractivity contribution is 5.68. The van der Waals surface area contributed by atoms with E-state index in [2.05, 4.69) is 19.2 Å². The number of amides is 1. The quantitative estimate of drug-likeness (QED) is 0.840. The number of piperidine rings is 1. The normalized spacial score (nSPS) is 33.6. The van der Waals surface area contributed by atoms with Crippen LogP contribution in [0.2, 0.25) is 0 Å². The monoisotopic (exact) mass is 310 g/mol. The number of rotatable bonds is 2. The summed E-state index contributed by atoms with van der Waals surface area (Å²) in [5.74, 6) is 0.894. The lowest BCUT2D eigenvalue weighted by Gasteiger charge is -2.40. The Hall–Kier alpha value is -0.770. The van der Waals surface area contributed by atoms with Crippen molar-refractivity contribution in [2.45, 2.75) is 96.9 Å². The van der Waals surface area contributed by atoms with Crippen molar-refractivity contribution in [1.29, 1.82) is 0 Å². The molecular weight excluding hydrogens is 276 g/mol. The maximum Gasteiger partial charge on any atom is 0.410 e. The molecule has 1 aliphatic heterocycles. The summed E-state index contributed by atoms with van der Waals surface area (Å²) in [6.07, 6.45) is 7.23. The van der Waals surface area contributed by atoms with E-state index in [0.717, 1.165) is 25.3 Å². The van der Waals surface area contributed by atoms with Gasteiger partial charge in [0.05, 0.1) is 0 Å². The van der Waals surface area contributed by atoms with Gasteiger partial charge in [-0.25, -0.2) is 4.79 Å². The molecule has 2 unspecified atom stereocenters. The molecule has 4 nitrogen and oxygen atoms in total. The van der Waals surface area contributed by atoms with E-state index in [4.69, 9.17) is 4.74 Å². The highest BCUT2D eigenvalue weighted by Crippen LogP contribution is 2.26. The molecule has 0 spiro atoms. The summed E-state index contributed by atoms with van der Waals surface area (Å²) in [5.41, 5.74) is -0.412. The van der Waals surface area contributed by atoms with Crippen molar-refractivity contribution >= 4 is 6.09 Å². The van der Waals surface area contributed by atoms with Gasteiger partial charge in [0, 0.05) is 24.7 Å². The molecule has 4 heteroatoms. The third-order valence-corrected chi connectivity index (χ3v) is 4.99. The molecule has 0 bridgehead atoms. The Morgan fingerprint density at radius 1 is 1.05 bits per heavy atom. The topological polar surface area (TPSA) is 41.6 Å². The minimum absolute atomic E-state index is 0.162. The summed E-state index contributed by atoms with van der Waals surface area (Å²) in [4.78, 5) is 14.1. The zero-order chi connectivity index (χ0) is 16.3. The highest BCUT2D eigenvalue weighted by Gasteiger charge is 2.32. The second-order valence-electron chi connectivity index (χ2n) is 8.37. The Balaban J connectivity index is 1.78. The zero-order valence-electron chi connectivity index (χ0n) is 15.0. The molecule has 1 N–H and O–H groups in total. The lowest BCUT2D eigenvalue weighted by atomic mass is 9.86. The van der Waals surface area contributed by atoms with Gasteiger partial charge in [0.15, 0.2) is 0 Å². The highest BCUT2D eigenvalue weighted by atomic mass is 16.6. The van der Waals surface area contributed by atoms with E-state index in [9.17, 15) is 4.79 Å². The molecule has 1 heterocycles. The fourth-order valence-electron chi connectivity index (χ4n) is 3.68. The van der Waals surface area contributed by atoms with Crippen LogP contribution in [0.3, 0.4) is 0 Å². The predicted molar refractivity (Wildman–Crippen MR) is 90.0 cm³/mol. The van der Waals surface area contributed by atoms with E-state index in [1.54, 1.807) is 0 Å². The molecule has 2 aliphatic rings. The Labute approximate surface area is 136 Å². The second kappa shape index (κ2) is 7.20. The third kappa shape index (κ3) is 5.15. The van der Waals surface area contributed by atoms with Crippen molar-refractivity contribution in [3.05, 3.63) is 0 Å². The van der Waals surface area contributed by atoms with Gasteiger partial charge >= 0.3 is 6.09 Å². The fourth-order valence-corrected chi connectivity index (χ4v) is 3.68. The van der Waals surface area contributed by atoms with E-state index in [1.807, 2.05) is 25.7 Å². The molecule has 0 radical (unpaired) electrons. The first kappa shape index (κ1) is 17.6. The molecular formula is C18H34N2O2. The molecule has 22 heavy (non-hydrogen) atoms.